The van der Waals surface area contributed by atoms with E-state index in [2.05, 4.69) is 0 Å². The van der Waals surface area contributed by atoms with E-state index in [4.69, 9.17) is 27.4 Å². The zero-order valence-electron chi connectivity index (χ0n) is 11.0. The van der Waals surface area contributed by atoms with Crippen molar-refractivity contribution in [2.24, 2.45) is 0 Å². The molecule has 0 aliphatic heterocycles. The van der Waals surface area contributed by atoms with Gasteiger partial charge in [0.1, 0.15) is 0 Å². The van der Waals surface area contributed by atoms with Gasteiger partial charge in [-0.05, 0) is 42.5 Å². The Bertz CT molecular complexity index is 654. The van der Waals surface area contributed by atoms with Crippen LogP contribution in [0.5, 0.6) is 0 Å². The Morgan fingerprint density at radius 3 is 1.71 bits per heavy atom. The van der Waals surface area contributed by atoms with Crippen molar-refractivity contribution in [3.05, 3.63) is 53.6 Å². The topological polar surface area (TPSA) is 153 Å². The number of carbonyl (C=O) groups is 2. The van der Waals surface area contributed by atoms with Gasteiger partial charge in [-0.25, -0.2) is 9.59 Å². The number of nitrogens with two attached hydrogens (primary N) is 3. The smallest absolute Gasteiger partial charge is 0.337 e. The maximum atomic E-state index is 10.4. The van der Waals surface area contributed by atoms with E-state index in [9.17, 15) is 9.59 Å². The summed E-state index contributed by atoms with van der Waals surface area (Å²) in [5, 5.41) is 17.0. The fourth-order valence-corrected chi connectivity index (χ4v) is 1.40. The lowest BCUT2D eigenvalue weighted by atomic mass is 10.1. The molecule has 0 fully saturated rings. The molecule has 7 heteroatoms. The van der Waals surface area contributed by atoms with Crippen LogP contribution in [-0.2, 0) is 0 Å². The quantitative estimate of drug-likeness (QED) is 0.525. The normalized spacial score (nSPS) is 9.33. The molecule has 2 aromatic carbocycles. The Kier molecular flexibility index (Phi) is 5.13. The second-order valence-corrected chi connectivity index (χ2v) is 4.08. The Morgan fingerprint density at radius 2 is 1.29 bits per heavy atom. The minimum Gasteiger partial charge on any atom is -0.478 e. The highest BCUT2D eigenvalue weighted by Gasteiger charge is 2.06. The van der Waals surface area contributed by atoms with E-state index in [0.29, 0.717) is 11.4 Å². The van der Waals surface area contributed by atoms with Crippen LogP contribution in [0.4, 0.5) is 17.1 Å². The average molecular weight is 289 g/mol. The number of benzene rings is 2. The van der Waals surface area contributed by atoms with Crippen LogP contribution in [-0.4, -0.2) is 22.2 Å². The van der Waals surface area contributed by atoms with Crippen molar-refractivity contribution in [2.45, 2.75) is 0 Å². The summed E-state index contributed by atoms with van der Waals surface area (Å²) in [4.78, 5) is 20.7. The Labute approximate surface area is 120 Å². The first kappa shape index (κ1) is 15.8. The molecular weight excluding hydrogens is 274 g/mol. The van der Waals surface area contributed by atoms with Gasteiger partial charge in [0, 0.05) is 17.1 Å². The average Bonchev–Trinajstić information content (AvgIpc) is 2.39. The van der Waals surface area contributed by atoms with Crippen LogP contribution in [0.25, 0.3) is 0 Å². The third kappa shape index (κ3) is 4.75. The van der Waals surface area contributed by atoms with E-state index in [1.54, 1.807) is 12.1 Å². The van der Waals surface area contributed by atoms with Crippen LogP contribution in [0, 0.1) is 0 Å². The summed E-state index contributed by atoms with van der Waals surface area (Å²) in [6, 6.07) is 10.4. The lowest BCUT2D eigenvalue weighted by Gasteiger charge is -1.99. The van der Waals surface area contributed by atoms with Crippen molar-refractivity contribution >= 4 is 29.0 Å². The molecule has 0 unspecified atom stereocenters. The SMILES string of the molecule is Nc1ccc(C(=O)O)c(N)c1.Nc1ccc(C(=O)O)cc1. The number of aromatic carboxylic acids is 2. The maximum absolute atomic E-state index is 10.4. The highest BCUT2D eigenvalue weighted by atomic mass is 16.4. The molecule has 2 aromatic rings. The van der Waals surface area contributed by atoms with E-state index in [0.717, 1.165) is 0 Å². The van der Waals surface area contributed by atoms with Crippen LogP contribution in [0.2, 0.25) is 0 Å². The predicted octanol–water partition coefficient (Wildman–Crippen LogP) is 1.52. The zero-order chi connectivity index (χ0) is 16.0. The molecule has 0 spiro atoms. The van der Waals surface area contributed by atoms with E-state index in [1.165, 1.54) is 30.3 Å². The molecule has 0 aliphatic rings. The van der Waals surface area contributed by atoms with Crippen LogP contribution in [0.15, 0.2) is 42.5 Å². The molecular formula is C14H15N3O4. The number of nitrogen functional groups attached to an aromatic ring is 3. The highest BCUT2D eigenvalue weighted by Crippen LogP contribution is 2.14. The van der Waals surface area contributed by atoms with Crippen LogP contribution < -0.4 is 17.2 Å². The third-order valence-electron chi connectivity index (χ3n) is 2.46. The Balaban J connectivity index is 0.000000211. The standard InChI is InChI=1S/C7H8N2O2.C7H7NO2/c8-4-1-2-5(7(10)11)6(9)3-4;8-6-3-1-5(2-4-6)7(9)10/h1-3H,8-9H2,(H,10,11);1-4H,8H2,(H,9,10). The van der Waals surface area contributed by atoms with Crippen LogP contribution >= 0.6 is 0 Å². The molecule has 7 nitrogen and oxygen atoms in total. The highest BCUT2D eigenvalue weighted by molar-refractivity contribution is 5.94. The van der Waals surface area contributed by atoms with E-state index in [-0.39, 0.29) is 16.8 Å². The van der Waals surface area contributed by atoms with Crippen molar-refractivity contribution < 1.29 is 19.8 Å². The Hall–Kier alpha value is -3.22. The number of rotatable bonds is 2. The van der Waals surface area contributed by atoms with E-state index >= 15 is 0 Å². The number of hydrogen-bond acceptors (Lipinski definition) is 5. The molecule has 0 bridgehead atoms. The summed E-state index contributed by atoms with van der Waals surface area (Å²) in [6.45, 7) is 0. The Morgan fingerprint density at radius 1 is 0.762 bits per heavy atom. The molecule has 0 aliphatic carbocycles. The summed E-state index contributed by atoms with van der Waals surface area (Å²) in [5.41, 5.74) is 17.6. The summed E-state index contributed by atoms with van der Waals surface area (Å²) < 4.78 is 0. The molecule has 0 aromatic heterocycles. The van der Waals surface area contributed by atoms with Crippen LogP contribution in [0.3, 0.4) is 0 Å². The first-order valence-electron chi connectivity index (χ1n) is 5.78. The second-order valence-electron chi connectivity index (χ2n) is 4.08. The molecule has 0 atom stereocenters. The maximum Gasteiger partial charge on any atom is 0.337 e. The largest absolute Gasteiger partial charge is 0.478 e. The van der Waals surface area contributed by atoms with Gasteiger partial charge in [0.25, 0.3) is 0 Å². The molecule has 8 N–H and O–H groups in total. The summed E-state index contributed by atoms with van der Waals surface area (Å²) in [5.74, 6) is -1.97. The van der Waals surface area contributed by atoms with Gasteiger partial charge < -0.3 is 27.4 Å². The van der Waals surface area contributed by atoms with E-state index < -0.39 is 11.9 Å². The molecule has 21 heavy (non-hydrogen) atoms. The monoisotopic (exact) mass is 289 g/mol. The predicted molar refractivity (Wildman–Crippen MR) is 80.0 cm³/mol. The van der Waals surface area contributed by atoms with Crippen molar-refractivity contribution in [3.63, 3.8) is 0 Å². The number of carboxylic acid groups (broad SMARTS) is 2. The molecule has 0 amide bonds. The second kappa shape index (κ2) is 6.80. The fourth-order valence-electron chi connectivity index (χ4n) is 1.40. The first-order valence-corrected chi connectivity index (χ1v) is 5.78. The summed E-state index contributed by atoms with van der Waals surface area (Å²) in [6.07, 6.45) is 0. The van der Waals surface area contributed by atoms with Crippen molar-refractivity contribution in [3.8, 4) is 0 Å². The fraction of sp³-hybridized carbons (Fsp3) is 0. The minimum absolute atomic E-state index is 0.0826. The summed E-state index contributed by atoms with van der Waals surface area (Å²) in [7, 11) is 0. The zero-order valence-corrected chi connectivity index (χ0v) is 11.0. The molecule has 0 heterocycles. The van der Waals surface area contributed by atoms with Gasteiger partial charge in [0.05, 0.1) is 11.1 Å². The van der Waals surface area contributed by atoms with Crippen molar-refractivity contribution in [2.75, 3.05) is 17.2 Å². The van der Waals surface area contributed by atoms with Gasteiger partial charge in [-0.2, -0.15) is 0 Å². The van der Waals surface area contributed by atoms with Gasteiger partial charge in [0.2, 0.25) is 0 Å². The third-order valence-corrected chi connectivity index (χ3v) is 2.46. The number of hydrogen-bond donors (Lipinski definition) is 5. The van der Waals surface area contributed by atoms with Gasteiger partial charge in [-0.1, -0.05) is 0 Å². The molecule has 0 saturated heterocycles. The number of anilines is 3. The molecule has 110 valence electrons. The minimum atomic E-state index is -1.04. The van der Waals surface area contributed by atoms with Gasteiger partial charge >= 0.3 is 11.9 Å². The molecule has 2 rings (SSSR count). The van der Waals surface area contributed by atoms with Gasteiger partial charge in [-0.15, -0.1) is 0 Å². The van der Waals surface area contributed by atoms with Gasteiger partial charge in [0.15, 0.2) is 0 Å². The van der Waals surface area contributed by atoms with Crippen molar-refractivity contribution in [1.29, 1.82) is 0 Å². The number of carboxylic acids is 2. The molecule has 0 saturated carbocycles. The first-order chi connectivity index (χ1) is 9.81. The van der Waals surface area contributed by atoms with Crippen LogP contribution in [0.1, 0.15) is 20.7 Å². The van der Waals surface area contributed by atoms with Crippen molar-refractivity contribution in [1.82, 2.24) is 0 Å². The van der Waals surface area contributed by atoms with E-state index in [1.807, 2.05) is 0 Å². The van der Waals surface area contributed by atoms with Gasteiger partial charge in [-0.3, -0.25) is 0 Å². The summed E-state index contributed by atoms with van der Waals surface area (Å²) >= 11 is 0. The molecule has 0 radical (unpaired) electrons. The lowest BCUT2D eigenvalue weighted by Crippen LogP contribution is -2.02. The lowest BCUT2D eigenvalue weighted by molar-refractivity contribution is 0.0686.